The van der Waals surface area contributed by atoms with Gasteiger partial charge in [-0.2, -0.15) is 0 Å². The van der Waals surface area contributed by atoms with E-state index in [9.17, 15) is 9.59 Å². The monoisotopic (exact) mass is 415 g/mol. The Hall–Kier alpha value is -2.60. The Morgan fingerprint density at radius 2 is 1.73 bits per heavy atom. The molecule has 0 radical (unpaired) electrons. The molecule has 0 unspecified atom stereocenters. The summed E-state index contributed by atoms with van der Waals surface area (Å²) in [5.41, 5.74) is 7.22. The first kappa shape index (κ1) is 19.7. The summed E-state index contributed by atoms with van der Waals surface area (Å²) in [5.74, 6) is -0.765. The van der Waals surface area contributed by atoms with Crippen molar-refractivity contribution in [3.63, 3.8) is 0 Å². The van der Waals surface area contributed by atoms with Crippen LogP contribution in [0.15, 0.2) is 59.1 Å². The summed E-state index contributed by atoms with van der Waals surface area (Å²) in [4.78, 5) is 26.1. The highest BCUT2D eigenvalue weighted by Gasteiger charge is 2.07. The second-order valence-corrected chi connectivity index (χ2v) is 6.47. The van der Waals surface area contributed by atoms with Crippen molar-refractivity contribution < 1.29 is 9.59 Å². The van der Waals surface area contributed by atoms with Crippen LogP contribution in [0.2, 0.25) is 0 Å². The van der Waals surface area contributed by atoms with Gasteiger partial charge in [0.1, 0.15) is 0 Å². The number of benzene rings is 2. The zero-order valence-electron chi connectivity index (χ0n) is 14.8. The highest BCUT2D eigenvalue weighted by atomic mass is 79.9. The number of nitrogens with one attached hydrogen (secondary N) is 2. The summed E-state index contributed by atoms with van der Waals surface area (Å²) in [6, 6.07) is 14.8. The van der Waals surface area contributed by atoms with Crippen LogP contribution in [0.5, 0.6) is 0 Å². The van der Waals surface area contributed by atoms with Crippen molar-refractivity contribution in [3.8, 4) is 0 Å². The van der Waals surface area contributed by atoms with Crippen molar-refractivity contribution in [2.24, 2.45) is 0 Å². The summed E-state index contributed by atoms with van der Waals surface area (Å²) >= 11 is 3.37. The Balaban J connectivity index is 1.88. The second-order valence-electron chi connectivity index (χ2n) is 5.55. The maximum Gasteiger partial charge on any atom is 0.269 e. The molecule has 0 aromatic heterocycles. The van der Waals surface area contributed by atoms with Crippen molar-refractivity contribution in [2.75, 3.05) is 18.0 Å². The molecule has 0 fully saturated rings. The number of carbonyl (C=O) groups excluding carboxylic acids is 2. The molecule has 0 saturated carbocycles. The molecule has 0 aliphatic rings. The van der Waals surface area contributed by atoms with Gasteiger partial charge >= 0.3 is 0 Å². The smallest absolute Gasteiger partial charge is 0.269 e. The number of hydrogen-bond acceptors (Lipinski definition) is 3. The number of nitrogens with zero attached hydrogens (tertiary/aromatic N) is 1. The fraction of sp³-hybridized carbons (Fsp3) is 0.200. The molecule has 0 atom stereocenters. The van der Waals surface area contributed by atoms with E-state index in [0.717, 1.165) is 28.8 Å². The lowest BCUT2D eigenvalue weighted by molar-refractivity contribution is -0.117. The third kappa shape index (κ3) is 5.74. The van der Waals surface area contributed by atoms with Gasteiger partial charge in [0.25, 0.3) is 11.8 Å². The molecule has 0 spiro atoms. The minimum atomic E-state index is -0.405. The van der Waals surface area contributed by atoms with Gasteiger partial charge < -0.3 is 4.90 Å². The Morgan fingerprint density at radius 3 is 2.35 bits per heavy atom. The first-order chi connectivity index (χ1) is 12.5. The minimum Gasteiger partial charge on any atom is -0.372 e. The van der Waals surface area contributed by atoms with Gasteiger partial charge in [-0.05, 0) is 61.9 Å². The van der Waals surface area contributed by atoms with E-state index in [1.807, 2.05) is 36.4 Å². The molecule has 0 aliphatic carbocycles. The van der Waals surface area contributed by atoms with Crippen LogP contribution in [-0.4, -0.2) is 24.9 Å². The van der Waals surface area contributed by atoms with Crippen molar-refractivity contribution >= 4 is 39.5 Å². The SMILES string of the molecule is CCN(CC)c1ccc(C(=O)NNC(=O)/C=C/c2cccc(Br)c2)cc1. The molecule has 2 aromatic rings. The van der Waals surface area contributed by atoms with Crippen LogP contribution in [0.25, 0.3) is 6.08 Å². The predicted octanol–water partition coefficient (Wildman–Crippen LogP) is 3.77. The average Bonchev–Trinajstić information content (AvgIpc) is 2.66. The molecule has 2 rings (SSSR count). The van der Waals surface area contributed by atoms with Gasteiger partial charge in [-0.15, -0.1) is 0 Å². The highest BCUT2D eigenvalue weighted by molar-refractivity contribution is 9.10. The molecule has 0 heterocycles. The van der Waals surface area contributed by atoms with Crippen molar-refractivity contribution in [3.05, 3.63) is 70.2 Å². The summed E-state index contributed by atoms with van der Waals surface area (Å²) in [7, 11) is 0. The fourth-order valence-electron chi connectivity index (χ4n) is 2.43. The Morgan fingerprint density at radius 1 is 1.04 bits per heavy atom. The van der Waals surface area contributed by atoms with Crippen LogP contribution >= 0.6 is 15.9 Å². The van der Waals surface area contributed by atoms with E-state index >= 15 is 0 Å². The van der Waals surface area contributed by atoms with Crippen LogP contribution in [0.4, 0.5) is 5.69 Å². The number of carbonyl (C=O) groups is 2. The summed E-state index contributed by atoms with van der Waals surface area (Å²) in [6.07, 6.45) is 3.04. The topological polar surface area (TPSA) is 61.4 Å². The first-order valence-electron chi connectivity index (χ1n) is 8.42. The van der Waals surface area contributed by atoms with Gasteiger partial charge in [-0.3, -0.25) is 20.4 Å². The summed E-state index contributed by atoms with van der Waals surface area (Å²) < 4.78 is 0.932. The Kier molecular flexibility index (Phi) is 7.41. The van der Waals surface area contributed by atoms with Gasteiger partial charge in [-0.25, -0.2) is 0 Å². The highest BCUT2D eigenvalue weighted by Crippen LogP contribution is 2.15. The molecule has 6 heteroatoms. The molecule has 2 N–H and O–H groups in total. The van der Waals surface area contributed by atoms with Gasteiger partial charge in [0.05, 0.1) is 0 Å². The molecular formula is C20H22BrN3O2. The maximum atomic E-state index is 12.1. The normalized spacial score (nSPS) is 10.6. The van der Waals surface area contributed by atoms with Crippen molar-refractivity contribution in [1.29, 1.82) is 0 Å². The largest absolute Gasteiger partial charge is 0.372 e. The number of hydrogen-bond donors (Lipinski definition) is 2. The molecule has 5 nitrogen and oxygen atoms in total. The third-order valence-electron chi connectivity index (χ3n) is 3.83. The van der Waals surface area contributed by atoms with Crippen LogP contribution < -0.4 is 15.8 Å². The quantitative estimate of drug-likeness (QED) is 0.557. The molecule has 2 aromatic carbocycles. The van der Waals surface area contributed by atoms with E-state index in [1.165, 1.54) is 6.08 Å². The van der Waals surface area contributed by atoms with Crippen molar-refractivity contribution in [2.45, 2.75) is 13.8 Å². The van der Waals surface area contributed by atoms with Gasteiger partial charge in [0.15, 0.2) is 0 Å². The van der Waals surface area contributed by atoms with E-state index in [-0.39, 0.29) is 5.91 Å². The number of hydrazine groups is 1. The van der Waals surface area contributed by atoms with Gasteiger partial charge in [-0.1, -0.05) is 28.1 Å². The van der Waals surface area contributed by atoms with Gasteiger partial charge in [0.2, 0.25) is 0 Å². The maximum absolute atomic E-state index is 12.1. The van der Waals surface area contributed by atoms with Crippen LogP contribution in [-0.2, 0) is 4.79 Å². The number of amides is 2. The van der Waals surface area contributed by atoms with Crippen LogP contribution in [0.1, 0.15) is 29.8 Å². The Bertz CT molecular complexity index is 784. The molecule has 26 heavy (non-hydrogen) atoms. The third-order valence-corrected chi connectivity index (χ3v) is 4.33. The lowest BCUT2D eigenvalue weighted by Crippen LogP contribution is -2.40. The molecule has 136 valence electrons. The average molecular weight is 416 g/mol. The lowest BCUT2D eigenvalue weighted by Gasteiger charge is -2.21. The predicted molar refractivity (Wildman–Crippen MR) is 109 cm³/mol. The number of rotatable bonds is 6. The van der Waals surface area contributed by atoms with E-state index < -0.39 is 5.91 Å². The number of halogens is 1. The molecular weight excluding hydrogens is 394 g/mol. The fourth-order valence-corrected chi connectivity index (χ4v) is 2.84. The zero-order chi connectivity index (χ0) is 18.9. The lowest BCUT2D eigenvalue weighted by atomic mass is 10.2. The second kappa shape index (κ2) is 9.77. The first-order valence-corrected chi connectivity index (χ1v) is 9.21. The van der Waals surface area contributed by atoms with E-state index in [0.29, 0.717) is 5.56 Å². The van der Waals surface area contributed by atoms with E-state index in [1.54, 1.807) is 18.2 Å². The minimum absolute atomic E-state index is 0.361. The summed E-state index contributed by atoms with van der Waals surface area (Å²) in [5, 5.41) is 0. The van der Waals surface area contributed by atoms with E-state index in [2.05, 4.69) is 45.5 Å². The molecule has 0 aliphatic heterocycles. The zero-order valence-corrected chi connectivity index (χ0v) is 16.4. The molecule has 0 bridgehead atoms. The van der Waals surface area contributed by atoms with Crippen LogP contribution in [0, 0.1) is 0 Å². The molecule has 2 amide bonds. The number of anilines is 1. The van der Waals surface area contributed by atoms with Crippen LogP contribution in [0.3, 0.4) is 0 Å². The standard InChI is InChI=1S/C20H22BrN3O2/c1-3-24(4-2)18-11-9-16(10-12-18)20(26)23-22-19(25)13-8-15-6-5-7-17(21)14-15/h5-14H,3-4H2,1-2H3,(H,22,25)(H,23,26)/b13-8+. The summed E-state index contributed by atoms with van der Waals surface area (Å²) in [6.45, 7) is 5.98. The van der Waals surface area contributed by atoms with Gasteiger partial charge in [0, 0.05) is 34.9 Å². The molecule has 0 saturated heterocycles. The van der Waals surface area contributed by atoms with Crippen molar-refractivity contribution in [1.82, 2.24) is 10.9 Å². The van der Waals surface area contributed by atoms with E-state index in [4.69, 9.17) is 0 Å². The Labute approximate surface area is 162 Å².